The van der Waals surface area contributed by atoms with Crippen LogP contribution in [0.5, 0.6) is 0 Å². The van der Waals surface area contributed by atoms with Crippen LogP contribution in [0.4, 0.5) is 4.79 Å². The van der Waals surface area contributed by atoms with Gasteiger partial charge in [0, 0.05) is 6.04 Å². The quantitative estimate of drug-likeness (QED) is 0.674. The Kier molecular flexibility index (Phi) is 2.34. The predicted octanol–water partition coefficient (Wildman–Crippen LogP) is 0.888. The SMILES string of the molecule is O=C([B]c1ccccc1)NC1CC1. The van der Waals surface area contributed by atoms with E-state index < -0.39 is 0 Å². The summed E-state index contributed by atoms with van der Waals surface area (Å²) < 4.78 is 0. The molecule has 2 nitrogen and oxygen atoms in total. The fraction of sp³-hybridized carbons (Fsp3) is 0.300. The van der Waals surface area contributed by atoms with E-state index in [2.05, 4.69) is 5.32 Å². The van der Waals surface area contributed by atoms with E-state index in [0.717, 1.165) is 18.3 Å². The zero-order chi connectivity index (χ0) is 9.10. The van der Waals surface area contributed by atoms with Crippen LogP contribution in [0.3, 0.4) is 0 Å². The lowest BCUT2D eigenvalue weighted by molar-refractivity contribution is 0.259. The maximum absolute atomic E-state index is 11.3. The summed E-state index contributed by atoms with van der Waals surface area (Å²) in [4.78, 5) is 11.3. The molecule has 0 aliphatic heterocycles. The first-order valence-electron chi connectivity index (χ1n) is 4.55. The number of rotatable bonds is 3. The van der Waals surface area contributed by atoms with Crippen molar-refractivity contribution < 1.29 is 4.79 Å². The average molecular weight is 172 g/mol. The topological polar surface area (TPSA) is 29.1 Å². The first kappa shape index (κ1) is 8.36. The summed E-state index contributed by atoms with van der Waals surface area (Å²) in [7, 11) is 1.64. The minimum absolute atomic E-state index is 0.0219. The van der Waals surface area contributed by atoms with Gasteiger partial charge < -0.3 is 5.32 Å². The third-order valence-electron chi connectivity index (χ3n) is 2.02. The van der Waals surface area contributed by atoms with Crippen molar-refractivity contribution in [1.82, 2.24) is 5.32 Å². The van der Waals surface area contributed by atoms with Crippen LogP contribution in [0.25, 0.3) is 0 Å². The van der Waals surface area contributed by atoms with Gasteiger partial charge in [-0.25, -0.2) is 0 Å². The lowest BCUT2D eigenvalue weighted by Gasteiger charge is -2.01. The Morgan fingerprint density at radius 1 is 1.31 bits per heavy atom. The summed E-state index contributed by atoms with van der Waals surface area (Å²) in [5.74, 6) is 0.0219. The molecule has 2 rings (SSSR count). The molecule has 1 aromatic rings. The van der Waals surface area contributed by atoms with Gasteiger partial charge >= 0.3 is 0 Å². The maximum Gasteiger partial charge on any atom is 0.271 e. The summed E-state index contributed by atoms with van der Waals surface area (Å²) in [5, 5.41) is 2.91. The highest BCUT2D eigenvalue weighted by molar-refractivity contribution is 6.83. The minimum Gasteiger partial charge on any atom is -0.362 e. The fourth-order valence-electron chi connectivity index (χ4n) is 1.17. The van der Waals surface area contributed by atoms with E-state index in [0.29, 0.717) is 6.04 Å². The molecule has 13 heavy (non-hydrogen) atoms. The van der Waals surface area contributed by atoms with E-state index in [-0.39, 0.29) is 5.81 Å². The van der Waals surface area contributed by atoms with Crippen molar-refractivity contribution in [2.45, 2.75) is 18.9 Å². The number of hydrogen-bond acceptors (Lipinski definition) is 1. The molecule has 1 aliphatic carbocycles. The molecule has 0 atom stereocenters. The Balaban J connectivity index is 1.86. The molecule has 0 spiro atoms. The smallest absolute Gasteiger partial charge is 0.271 e. The van der Waals surface area contributed by atoms with Crippen molar-refractivity contribution in [1.29, 1.82) is 0 Å². The van der Waals surface area contributed by atoms with Gasteiger partial charge in [0.15, 0.2) is 5.81 Å². The van der Waals surface area contributed by atoms with E-state index in [9.17, 15) is 4.79 Å². The molecular formula is C10H11BNO. The largest absolute Gasteiger partial charge is 0.362 e. The molecule has 1 aromatic carbocycles. The van der Waals surface area contributed by atoms with Crippen LogP contribution >= 0.6 is 0 Å². The van der Waals surface area contributed by atoms with E-state index >= 15 is 0 Å². The summed E-state index contributed by atoms with van der Waals surface area (Å²) in [6, 6.07) is 10.1. The molecule has 1 N–H and O–H groups in total. The first-order chi connectivity index (χ1) is 6.34. The van der Waals surface area contributed by atoms with Crippen LogP contribution in [-0.2, 0) is 0 Å². The molecule has 1 radical (unpaired) electrons. The molecule has 1 amide bonds. The van der Waals surface area contributed by atoms with Crippen LogP contribution in [0.15, 0.2) is 30.3 Å². The van der Waals surface area contributed by atoms with Gasteiger partial charge in [-0.2, -0.15) is 0 Å². The predicted molar refractivity (Wildman–Crippen MR) is 53.4 cm³/mol. The van der Waals surface area contributed by atoms with E-state index in [1.54, 1.807) is 7.28 Å². The molecule has 65 valence electrons. The standard InChI is InChI=1S/C10H11BNO/c13-10(12-9-6-7-9)11-8-4-2-1-3-5-8/h1-5,9H,6-7H2,(H,12,13). The Hall–Kier alpha value is -1.25. The maximum atomic E-state index is 11.3. The molecular weight excluding hydrogens is 161 g/mol. The molecule has 0 heterocycles. The van der Waals surface area contributed by atoms with Crippen molar-refractivity contribution in [2.24, 2.45) is 0 Å². The molecule has 1 saturated carbocycles. The van der Waals surface area contributed by atoms with Crippen molar-refractivity contribution in [2.75, 3.05) is 0 Å². The van der Waals surface area contributed by atoms with Crippen molar-refractivity contribution in [3.05, 3.63) is 30.3 Å². The zero-order valence-corrected chi connectivity index (χ0v) is 7.36. The third kappa shape index (κ3) is 2.62. The molecule has 0 bridgehead atoms. The average Bonchev–Trinajstić information content (AvgIpc) is 2.90. The number of carbonyl (C=O) groups excluding carboxylic acids is 1. The second-order valence-electron chi connectivity index (χ2n) is 3.34. The Labute approximate surface area is 78.6 Å². The summed E-state index contributed by atoms with van der Waals surface area (Å²) in [6.45, 7) is 0. The number of carbonyl (C=O) groups is 1. The van der Waals surface area contributed by atoms with Crippen LogP contribution in [0.1, 0.15) is 12.8 Å². The Bertz CT molecular complexity index is 295. The summed E-state index contributed by atoms with van der Waals surface area (Å²) >= 11 is 0. The number of hydrogen-bond donors (Lipinski definition) is 1. The normalized spacial score (nSPS) is 15.1. The molecule has 0 unspecified atom stereocenters. The van der Waals surface area contributed by atoms with Crippen molar-refractivity contribution >= 4 is 18.5 Å². The van der Waals surface area contributed by atoms with Crippen molar-refractivity contribution in [3.63, 3.8) is 0 Å². The third-order valence-corrected chi connectivity index (χ3v) is 2.02. The minimum atomic E-state index is 0.0219. The van der Waals surface area contributed by atoms with Gasteiger partial charge in [-0.1, -0.05) is 35.8 Å². The molecule has 1 aliphatic rings. The van der Waals surface area contributed by atoms with Crippen molar-refractivity contribution in [3.8, 4) is 0 Å². The second-order valence-corrected chi connectivity index (χ2v) is 3.34. The Morgan fingerprint density at radius 3 is 2.62 bits per heavy atom. The number of amides is 1. The highest BCUT2D eigenvalue weighted by Crippen LogP contribution is 2.18. The van der Waals surface area contributed by atoms with Gasteiger partial charge in [0.05, 0.1) is 0 Å². The molecule has 1 fully saturated rings. The highest BCUT2D eigenvalue weighted by Gasteiger charge is 2.23. The van der Waals surface area contributed by atoms with Gasteiger partial charge in [-0.05, 0) is 12.8 Å². The highest BCUT2D eigenvalue weighted by atomic mass is 16.1. The Morgan fingerprint density at radius 2 is 2.00 bits per heavy atom. The first-order valence-corrected chi connectivity index (χ1v) is 4.55. The summed E-state index contributed by atoms with van der Waals surface area (Å²) in [6.07, 6.45) is 2.27. The van der Waals surface area contributed by atoms with Gasteiger partial charge in [-0.15, -0.1) is 0 Å². The van der Waals surface area contributed by atoms with Gasteiger partial charge in [0.1, 0.15) is 0 Å². The lowest BCUT2D eigenvalue weighted by Crippen LogP contribution is -2.35. The van der Waals surface area contributed by atoms with E-state index in [1.807, 2.05) is 30.3 Å². The second kappa shape index (κ2) is 3.65. The summed E-state index contributed by atoms with van der Waals surface area (Å²) in [5.41, 5.74) is 0.959. The molecule has 0 saturated heterocycles. The molecule has 3 heteroatoms. The monoisotopic (exact) mass is 172 g/mol. The lowest BCUT2D eigenvalue weighted by atomic mass is 9.69. The van der Waals surface area contributed by atoms with Gasteiger partial charge in [-0.3, -0.25) is 4.79 Å². The number of benzene rings is 1. The van der Waals surface area contributed by atoms with E-state index in [1.165, 1.54) is 0 Å². The van der Waals surface area contributed by atoms with Gasteiger partial charge in [0.2, 0.25) is 0 Å². The molecule has 0 aromatic heterocycles. The van der Waals surface area contributed by atoms with Crippen LogP contribution in [0.2, 0.25) is 0 Å². The fourth-order valence-corrected chi connectivity index (χ4v) is 1.17. The number of nitrogens with one attached hydrogen (secondary N) is 1. The van der Waals surface area contributed by atoms with Crippen LogP contribution in [-0.4, -0.2) is 19.1 Å². The van der Waals surface area contributed by atoms with Crippen LogP contribution < -0.4 is 10.8 Å². The van der Waals surface area contributed by atoms with Crippen LogP contribution in [0, 0.1) is 0 Å². The van der Waals surface area contributed by atoms with E-state index in [4.69, 9.17) is 0 Å². The zero-order valence-electron chi connectivity index (χ0n) is 7.36. The van der Waals surface area contributed by atoms with Gasteiger partial charge in [0.25, 0.3) is 7.28 Å².